The number of halogens is 1. The largest absolute Gasteiger partial charge is 0.465 e. The Morgan fingerprint density at radius 1 is 1.00 bits per heavy atom. The van der Waals surface area contributed by atoms with E-state index < -0.39 is 18.2 Å². The number of esters is 2. The van der Waals surface area contributed by atoms with Crippen molar-refractivity contribution in [3.63, 3.8) is 0 Å². The van der Waals surface area contributed by atoms with Crippen LogP contribution in [-0.4, -0.2) is 38.2 Å². The number of anilines is 1. The van der Waals surface area contributed by atoms with Crippen LogP contribution in [0.1, 0.15) is 10.4 Å². The van der Waals surface area contributed by atoms with Gasteiger partial charge in [-0.3, -0.25) is 9.69 Å². The lowest BCUT2D eigenvalue weighted by atomic mass is 9.91. The number of rotatable bonds is 3. The average molecular weight is 426 g/mol. The normalized spacial score (nSPS) is 17.4. The molecule has 0 aromatic heterocycles. The van der Waals surface area contributed by atoms with Crippen molar-refractivity contribution < 1.29 is 28.6 Å². The molecule has 7 nitrogen and oxygen atoms in total. The molecule has 0 bridgehead atoms. The summed E-state index contributed by atoms with van der Waals surface area (Å²) in [6, 6.07) is 13.3. The smallest absolute Gasteiger partial charge is 0.355 e. The van der Waals surface area contributed by atoms with Crippen molar-refractivity contribution in [2.75, 3.05) is 19.1 Å². The van der Waals surface area contributed by atoms with Crippen LogP contribution in [-0.2, 0) is 19.1 Å². The highest BCUT2D eigenvalue weighted by molar-refractivity contribution is 6.30. The molecule has 0 aliphatic carbocycles. The van der Waals surface area contributed by atoms with Crippen molar-refractivity contribution in [2.45, 2.75) is 6.23 Å². The predicted molar refractivity (Wildman–Crippen MR) is 108 cm³/mol. The summed E-state index contributed by atoms with van der Waals surface area (Å²) in [7, 11) is 2.39. The minimum absolute atomic E-state index is 0.104. The van der Waals surface area contributed by atoms with Crippen LogP contribution in [0.15, 0.2) is 71.5 Å². The van der Waals surface area contributed by atoms with Gasteiger partial charge in [-0.2, -0.15) is 0 Å². The van der Waals surface area contributed by atoms with Crippen molar-refractivity contribution in [2.24, 2.45) is 0 Å². The molecule has 4 rings (SSSR count). The summed E-state index contributed by atoms with van der Waals surface area (Å²) >= 11 is 6.01. The SMILES string of the molecule is COC(=O)C1=C(C(=O)OC)N(c2ccc(Cl)cc2)C2Oc3ccccc3C(=O)C2=C1. The number of ketones is 1. The lowest BCUT2D eigenvalue weighted by Crippen LogP contribution is -2.49. The van der Waals surface area contributed by atoms with Gasteiger partial charge in [-0.1, -0.05) is 23.7 Å². The molecule has 2 heterocycles. The van der Waals surface area contributed by atoms with Gasteiger partial charge in [0.05, 0.1) is 30.9 Å². The van der Waals surface area contributed by atoms with E-state index in [9.17, 15) is 14.4 Å². The highest BCUT2D eigenvalue weighted by Crippen LogP contribution is 2.40. The molecule has 0 saturated heterocycles. The minimum Gasteiger partial charge on any atom is -0.465 e. The summed E-state index contributed by atoms with van der Waals surface area (Å²) < 4.78 is 15.9. The van der Waals surface area contributed by atoms with E-state index in [2.05, 4.69) is 0 Å². The van der Waals surface area contributed by atoms with E-state index in [-0.39, 0.29) is 22.6 Å². The van der Waals surface area contributed by atoms with Gasteiger partial charge >= 0.3 is 11.9 Å². The number of para-hydroxylation sites is 1. The number of nitrogens with zero attached hydrogens (tertiary/aromatic N) is 1. The Bertz CT molecular complexity index is 1120. The topological polar surface area (TPSA) is 82.1 Å². The van der Waals surface area contributed by atoms with Crippen LogP contribution in [0.2, 0.25) is 5.02 Å². The highest BCUT2D eigenvalue weighted by atomic mass is 35.5. The van der Waals surface area contributed by atoms with E-state index >= 15 is 0 Å². The van der Waals surface area contributed by atoms with E-state index in [0.717, 1.165) is 0 Å². The third kappa shape index (κ3) is 3.13. The molecule has 0 N–H and O–H groups in total. The molecular formula is C22H16ClNO6. The molecule has 0 radical (unpaired) electrons. The Labute approximate surface area is 177 Å². The van der Waals surface area contributed by atoms with Gasteiger partial charge in [0.1, 0.15) is 11.4 Å². The first-order valence-electron chi connectivity index (χ1n) is 8.94. The maximum absolute atomic E-state index is 13.2. The first kappa shape index (κ1) is 19.7. The number of methoxy groups -OCH3 is 2. The third-order valence-corrected chi connectivity index (χ3v) is 5.07. The van der Waals surface area contributed by atoms with Crippen LogP contribution in [0.25, 0.3) is 0 Å². The number of benzene rings is 2. The van der Waals surface area contributed by atoms with Gasteiger partial charge in [0.2, 0.25) is 6.23 Å². The molecule has 2 aliphatic heterocycles. The molecule has 2 aliphatic rings. The van der Waals surface area contributed by atoms with E-state index in [1.807, 2.05) is 0 Å². The maximum Gasteiger partial charge on any atom is 0.355 e. The maximum atomic E-state index is 13.2. The quantitative estimate of drug-likeness (QED) is 0.698. The van der Waals surface area contributed by atoms with Crippen molar-refractivity contribution in [3.8, 4) is 5.75 Å². The van der Waals surface area contributed by atoms with E-state index in [0.29, 0.717) is 22.0 Å². The van der Waals surface area contributed by atoms with Crippen LogP contribution in [0.4, 0.5) is 5.69 Å². The lowest BCUT2D eigenvalue weighted by molar-refractivity contribution is -0.139. The number of ether oxygens (including phenoxy) is 3. The lowest BCUT2D eigenvalue weighted by Gasteiger charge is -2.40. The minimum atomic E-state index is -0.990. The predicted octanol–water partition coefficient (Wildman–Crippen LogP) is 3.29. The van der Waals surface area contributed by atoms with E-state index in [4.69, 9.17) is 25.8 Å². The number of hydrogen-bond acceptors (Lipinski definition) is 7. The summed E-state index contributed by atoms with van der Waals surface area (Å²) in [4.78, 5) is 39.9. The number of fused-ring (bicyclic) bond motifs is 2. The Hall–Kier alpha value is -3.58. The van der Waals surface area contributed by atoms with E-state index in [1.54, 1.807) is 48.5 Å². The van der Waals surface area contributed by atoms with Crippen molar-refractivity contribution in [1.29, 1.82) is 0 Å². The second-order valence-electron chi connectivity index (χ2n) is 6.49. The van der Waals surface area contributed by atoms with Crippen LogP contribution in [0.5, 0.6) is 5.75 Å². The fraction of sp³-hybridized carbons (Fsp3) is 0.136. The molecule has 152 valence electrons. The first-order valence-corrected chi connectivity index (χ1v) is 9.31. The van der Waals surface area contributed by atoms with Crippen molar-refractivity contribution in [3.05, 3.63) is 82.0 Å². The number of Topliss-reactive ketones (excluding diaryl/α,β-unsaturated/α-hetero) is 1. The van der Waals surface area contributed by atoms with Crippen LogP contribution < -0.4 is 9.64 Å². The molecular weight excluding hydrogens is 410 g/mol. The summed E-state index contributed by atoms with van der Waals surface area (Å²) in [6.45, 7) is 0. The Morgan fingerprint density at radius 3 is 2.33 bits per heavy atom. The zero-order valence-electron chi connectivity index (χ0n) is 16.0. The van der Waals surface area contributed by atoms with Gasteiger partial charge < -0.3 is 14.2 Å². The van der Waals surface area contributed by atoms with E-state index in [1.165, 1.54) is 25.2 Å². The van der Waals surface area contributed by atoms with Crippen LogP contribution in [0, 0.1) is 0 Å². The summed E-state index contributed by atoms with van der Waals surface area (Å²) in [6.07, 6.45) is 0.337. The number of carbonyl (C=O) groups is 3. The van der Waals surface area contributed by atoms with Gasteiger partial charge in [0.25, 0.3) is 0 Å². The third-order valence-electron chi connectivity index (χ3n) is 4.82. The molecule has 1 unspecified atom stereocenters. The Kier molecular flexibility index (Phi) is 5.05. The molecule has 2 aromatic rings. The zero-order valence-corrected chi connectivity index (χ0v) is 16.8. The standard InChI is InChI=1S/C22H16ClNO6/c1-28-21(26)15-11-16-19(25)14-5-3-4-6-17(14)30-20(16)24(18(15)22(27)29-2)13-9-7-12(23)8-10-13/h3-11,20H,1-2H3. The molecule has 1 atom stereocenters. The van der Waals surface area contributed by atoms with Crippen LogP contribution in [0.3, 0.4) is 0 Å². The fourth-order valence-electron chi connectivity index (χ4n) is 3.44. The molecule has 30 heavy (non-hydrogen) atoms. The molecule has 0 spiro atoms. The second kappa shape index (κ2) is 7.68. The van der Waals surface area contributed by atoms with Gasteiger partial charge in [-0.15, -0.1) is 0 Å². The summed E-state index contributed by atoms with van der Waals surface area (Å²) in [5.74, 6) is -1.51. The van der Waals surface area contributed by atoms with Crippen LogP contribution >= 0.6 is 11.6 Å². The van der Waals surface area contributed by atoms with Gasteiger partial charge in [-0.05, 0) is 42.5 Å². The summed E-state index contributed by atoms with van der Waals surface area (Å²) in [5, 5.41) is 0.481. The molecule has 0 amide bonds. The molecule has 0 saturated carbocycles. The molecule has 2 aromatic carbocycles. The number of hydrogen-bond donors (Lipinski definition) is 0. The zero-order chi connectivity index (χ0) is 21.4. The van der Waals surface area contributed by atoms with Gasteiger partial charge in [0, 0.05) is 10.7 Å². The molecule has 8 heteroatoms. The fourth-order valence-corrected chi connectivity index (χ4v) is 3.57. The monoisotopic (exact) mass is 425 g/mol. The van der Waals surface area contributed by atoms with Gasteiger partial charge in [-0.25, -0.2) is 9.59 Å². The molecule has 0 fully saturated rings. The Balaban J connectivity index is 1.99. The number of carbonyl (C=O) groups excluding carboxylic acids is 3. The highest BCUT2D eigenvalue weighted by Gasteiger charge is 2.44. The van der Waals surface area contributed by atoms with Crippen molar-refractivity contribution in [1.82, 2.24) is 0 Å². The Morgan fingerprint density at radius 2 is 1.67 bits per heavy atom. The van der Waals surface area contributed by atoms with Gasteiger partial charge in [0.15, 0.2) is 5.78 Å². The average Bonchev–Trinajstić information content (AvgIpc) is 2.78. The summed E-state index contributed by atoms with van der Waals surface area (Å²) in [5.41, 5.74) is 0.817. The second-order valence-corrected chi connectivity index (χ2v) is 6.92. The van der Waals surface area contributed by atoms with Crippen molar-refractivity contribution >= 4 is 35.0 Å². The first-order chi connectivity index (χ1) is 14.5.